The van der Waals surface area contributed by atoms with Crippen LogP contribution in [0.25, 0.3) is 0 Å². The van der Waals surface area contributed by atoms with Crippen LogP contribution in [0.3, 0.4) is 0 Å². The predicted molar refractivity (Wildman–Crippen MR) is 145 cm³/mol. The Kier molecular flexibility index (Phi) is 14.4. The molecule has 1 rings (SSSR count). The summed E-state index contributed by atoms with van der Waals surface area (Å²) in [5, 5.41) is 28.4. The maximum absolute atomic E-state index is 13.4. The number of aromatic nitrogens is 2. The number of nitrogens with one attached hydrogen (secondary N) is 5. The quantitative estimate of drug-likeness (QED) is 0.0861. The van der Waals surface area contributed by atoms with Gasteiger partial charge >= 0.3 is 5.97 Å². The minimum atomic E-state index is -1.49. The predicted octanol–water partition coefficient (Wildman–Crippen LogP) is -2.74. The van der Waals surface area contributed by atoms with Crippen molar-refractivity contribution >= 4 is 35.5 Å². The number of hydrogen-bond donors (Lipinski definition) is 9. The number of primary amides is 1. The molecule has 0 aromatic carbocycles. The number of carboxylic acid groups (broad SMARTS) is 1. The molecule has 0 fully saturated rings. The molecule has 1 heterocycles. The number of carboxylic acids is 1. The van der Waals surface area contributed by atoms with Gasteiger partial charge in [0.1, 0.15) is 30.2 Å². The summed E-state index contributed by atoms with van der Waals surface area (Å²) >= 11 is 0. The van der Waals surface area contributed by atoms with Crippen LogP contribution in [-0.2, 0) is 35.2 Å². The first kappa shape index (κ1) is 35.0. The number of aliphatic hydroxyl groups excluding tert-OH is 1. The van der Waals surface area contributed by atoms with E-state index in [0.29, 0.717) is 5.69 Å². The summed E-state index contributed by atoms with van der Waals surface area (Å²) in [6, 6.07) is -6.51. The van der Waals surface area contributed by atoms with Gasteiger partial charge in [-0.25, -0.2) is 9.78 Å². The normalized spacial score (nSPS) is 14.8. The standard InChI is InChI=1S/C25H42N8O8/c1-12(2)5-16(31-24(39)18(8-20(27)35)30-21(36)15(26)10-34)22(37)32-17(7-14-9-28-11-29-14)23(38)33-19(25(40)41)6-13(3)4/h9,11-13,15-19,34H,5-8,10,26H2,1-4H3,(H2,27,35)(H,28,29)(H,30,36)(H,31,39)(H,32,37)(H,33,38)(H,40,41)/t15-,16-,17-,18-,19-/m0/s1. The number of hydrogen-bond acceptors (Lipinski definition) is 9. The highest BCUT2D eigenvalue weighted by Gasteiger charge is 2.33. The van der Waals surface area contributed by atoms with Crippen molar-refractivity contribution in [1.82, 2.24) is 31.2 Å². The Bertz CT molecular complexity index is 1050. The second-order valence-corrected chi connectivity index (χ2v) is 10.6. The summed E-state index contributed by atoms with van der Waals surface area (Å²) in [4.78, 5) is 81.7. The second-order valence-electron chi connectivity index (χ2n) is 10.6. The molecule has 5 amide bonds. The van der Waals surface area contributed by atoms with Gasteiger partial charge in [0, 0.05) is 18.3 Å². The zero-order valence-electron chi connectivity index (χ0n) is 23.7. The van der Waals surface area contributed by atoms with Crippen molar-refractivity contribution in [2.75, 3.05) is 6.61 Å². The van der Waals surface area contributed by atoms with E-state index in [-0.39, 0.29) is 31.1 Å². The zero-order chi connectivity index (χ0) is 31.3. The van der Waals surface area contributed by atoms with Crippen molar-refractivity contribution in [3.8, 4) is 0 Å². The number of aliphatic hydroxyl groups is 1. The van der Waals surface area contributed by atoms with Crippen molar-refractivity contribution in [2.45, 2.75) is 83.6 Å². The molecular weight excluding hydrogens is 540 g/mol. The maximum Gasteiger partial charge on any atom is 0.326 e. The number of carbonyl (C=O) groups is 6. The summed E-state index contributed by atoms with van der Waals surface area (Å²) in [6.07, 6.45) is 2.41. The third-order valence-corrected chi connectivity index (χ3v) is 5.85. The van der Waals surface area contributed by atoms with E-state index in [0.717, 1.165) is 0 Å². The smallest absolute Gasteiger partial charge is 0.326 e. The zero-order valence-corrected chi connectivity index (χ0v) is 23.7. The van der Waals surface area contributed by atoms with Crippen LogP contribution >= 0.6 is 0 Å². The number of imidazole rings is 1. The molecule has 16 nitrogen and oxygen atoms in total. The number of aromatic amines is 1. The molecule has 0 unspecified atom stereocenters. The fraction of sp³-hybridized carbons (Fsp3) is 0.640. The molecular formula is C25H42N8O8. The lowest BCUT2D eigenvalue weighted by Gasteiger charge is -2.27. The molecule has 16 heteroatoms. The van der Waals surface area contributed by atoms with Gasteiger partial charge in [-0.2, -0.15) is 0 Å². The fourth-order valence-electron chi connectivity index (χ4n) is 3.81. The minimum Gasteiger partial charge on any atom is -0.480 e. The number of amides is 5. The number of rotatable bonds is 18. The number of aliphatic carboxylic acids is 1. The van der Waals surface area contributed by atoms with E-state index in [4.69, 9.17) is 16.6 Å². The maximum atomic E-state index is 13.4. The van der Waals surface area contributed by atoms with Gasteiger partial charge in [-0.3, -0.25) is 24.0 Å². The number of nitrogens with two attached hydrogens (primary N) is 2. The highest BCUT2D eigenvalue weighted by atomic mass is 16.4. The third-order valence-electron chi connectivity index (χ3n) is 5.85. The van der Waals surface area contributed by atoms with Crippen LogP contribution < -0.4 is 32.7 Å². The van der Waals surface area contributed by atoms with Crippen molar-refractivity contribution in [1.29, 1.82) is 0 Å². The summed E-state index contributed by atoms with van der Waals surface area (Å²) in [6.45, 7) is 6.46. The van der Waals surface area contributed by atoms with E-state index in [1.54, 1.807) is 27.7 Å². The number of carbonyl (C=O) groups excluding carboxylic acids is 5. The van der Waals surface area contributed by atoms with Gasteiger partial charge in [0.15, 0.2) is 0 Å². The highest BCUT2D eigenvalue weighted by molar-refractivity contribution is 5.97. The third kappa shape index (κ3) is 12.8. The van der Waals surface area contributed by atoms with Gasteiger partial charge in [0.25, 0.3) is 0 Å². The molecule has 0 aliphatic heterocycles. The second kappa shape index (κ2) is 16.9. The molecule has 0 radical (unpaired) electrons. The summed E-state index contributed by atoms with van der Waals surface area (Å²) in [5.74, 6) is -5.66. The first-order chi connectivity index (χ1) is 19.1. The van der Waals surface area contributed by atoms with Crippen molar-refractivity contribution in [3.63, 3.8) is 0 Å². The molecule has 1 aromatic heterocycles. The van der Waals surface area contributed by atoms with Gasteiger partial charge < -0.3 is 47.9 Å². The Labute approximate surface area is 237 Å². The van der Waals surface area contributed by atoms with E-state index in [2.05, 4.69) is 31.2 Å². The molecule has 41 heavy (non-hydrogen) atoms. The Balaban J connectivity index is 3.19. The summed E-state index contributed by atoms with van der Waals surface area (Å²) < 4.78 is 0. The lowest BCUT2D eigenvalue weighted by Crippen LogP contribution is -2.59. The van der Waals surface area contributed by atoms with Crippen LogP contribution in [0.1, 0.15) is 52.7 Å². The van der Waals surface area contributed by atoms with Gasteiger partial charge in [-0.1, -0.05) is 27.7 Å². The lowest BCUT2D eigenvalue weighted by atomic mass is 10.0. The molecule has 0 saturated carbocycles. The molecule has 1 aromatic rings. The summed E-state index contributed by atoms with van der Waals surface area (Å²) in [7, 11) is 0. The van der Waals surface area contributed by atoms with Crippen LogP contribution in [0.2, 0.25) is 0 Å². The molecule has 0 aliphatic rings. The van der Waals surface area contributed by atoms with E-state index < -0.39 is 78.7 Å². The van der Waals surface area contributed by atoms with Crippen LogP contribution in [0.15, 0.2) is 12.5 Å². The van der Waals surface area contributed by atoms with Gasteiger partial charge in [-0.05, 0) is 24.7 Å². The van der Waals surface area contributed by atoms with Crippen molar-refractivity contribution < 1.29 is 39.0 Å². The number of H-pyrrole nitrogens is 1. The molecule has 230 valence electrons. The first-order valence-corrected chi connectivity index (χ1v) is 13.2. The fourth-order valence-corrected chi connectivity index (χ4v) is 3.81. The topological polar surface area (TPSA) is 272 Å². The van der Waals surface area contributed by atoms with Crippen LogP contribution in [0.5, 0.6) is 0 Å². The van der Waals surface area contributed by atoms with E-state index in [1.165, 1.54) is 12.5 Å². The van der Waals surface area contributed by atoms with Crippen LogP contribution in [-0.4, -0.2) is 92.5 Å². The first-order valence-electron chi connectivity index (χ1n) is 13.2. The highest BCUT2D eigenvalue weighted by Crippen LogP contribution is 2.10. The van der Waals surface area contributed by atoms with E-state index in [9.17, 15) is 33.9 Å². The van der Waals surface area contributed by atoms with Crippen LogP contribution in [0, 0.1) is 11.8 Å². The molecule has 0 bridgehead atoms. The van der Waals surface area contributed by atoms with Crippen molar-refractivity contribution in [2.24, 2.45) is 23.3 Å². The van der Waals surface area contributed by atoms with Gasteiger partial charge in [0.05, 0.1) is 19.4 Å². The summed E-state index contributed by atoms with van der Waals surface area (Å²) in [5.41, 5.74) is 11.2. The largest absolute Gasteiger partial charge is 0.480 e. The Morgan fingerprint density at radius 3 is 1.80 bits per heavy atom. The lowest BCUT2D eigenvalue weighted by molar-refractivity contribution is -0.142. The molecule has 0 aliphatic carbocycles. The molecule has 11 N–H and O–H groups in total. The monoisotopic (exact) mass is 582 g/mol. The average Bonchev–Trinajstić information content (AvgIpc) is 3.38. The molecule has 0 saturated heterocycles. The van der Waals surface area contributed by atoms with E-state index in [1.807, 2.05) is 0 Å². The van der Waals surface area contributed by atoms with Crippen LogP contribution in [0.4, 0.5) is 0 Å². The number of nitrogens with zero attached hydrogens (tertiary/aromatic N) is 1. The Morgan fingerprint density at radius 1 is 0.829 bits per heavy atom. The average molecular weight is 583 g/mol. The SMILES string of the molecule is CC(C)C[C@H](NC(=O)[C@H](Cc1cnc[nH]1)NC(=O)[C@H](CC(C)C)NC(=O)[C@H](CC(N)=O)NC(=O)[C@@H](N)CO)C(=O)O. The van der Waals surface area contributed by atoms with Gasteiger partial charge in [0.2, 0.25) is 29.5 Å². The van der Waals surface area contributed by atoms with E-state index >= 15 is 0 Å². The minimum absolute atomic E-state index is 0.0385. The Morgan fingerprint density at radius 2 is 1.32 bits per heavy atom. The molecule has 5 atom stereocenters. The van der Waals surface area contributed by atoms with Gasteiger partial charge in [-0.15, -0.1) is 0 Å². The van der Waals surface area contributed by atoms with Crippen molar-refractivity contribution in [3.05, 3.63) is 18.2 Å². The Hall–Kier alpha value is -4.05. The molecule has 0 spiro atoms.